The predicted molar refractivity (Wildman–Crippen MR) is 78.8 cm³/mol. The topological polar surface area (TPSA) is 91.1 Å². The minimum absolute atomic E-state index is 0.0864. The Balaban J connectivity index is 2.37. The molecule has 0 amide bonds. The smallest absolute Gasteiger partial charge is 0.371 e. The second-order valence-electron chi connectivity index (χ2n) is 5.63. The zero-order chi connectivity index (χ0) is 16.0. The van der Waals surface area contributed by atoms with Gasteiger partial charge < -0.3 is 9.52 Å². The van der Waals surface area contributed by atoms with E-state index in [1.807, 2.05) is 20.9 Å². The number of carbonyl (C=O) groups is 1. The second kappa shape index (κ2) is 5.38. The number of hydrogen-bond donors (Lipinski definition) is 1. The summed E-state index contributed by atoms with van der Waals surface area (Å²) in [6.45, 7) is 5.20. The SMILES string of the molecule is CN1CCN(S(=O)(=O)c2cc(C(=O)O)oc2Br)CC1(C)C. The molecular formula is C12H17BrN2O5S. The summed E-state index contributed by atoms with van der Waals surface area (Å²) in [5.74, 6) is -1.72. The minimum Gasteiger partial charge on any atom is -0.475 e. The first-order valence-electron chi connectivity index (χ1n) is 6.30. The first-order valence-corrected chi connectivity index (χ1v) is 8.53. The Hall–Kier alpha value is -0.900. The van der Waals surface area contributed by atoms with Gasteiger partial charge in [-0.3, -0.25) is 4.90 Å². The van der Waals surface area contributed by atoms with Crippen LogP contribution in [0.2, 0.25) is 0 Å². The molecule has 0 unspecified atom stereocenters. The van der Waals surface area contributed by atoms with Gasteiger partial charge in [-0.05, 0) is 36.8 Å². The molecule has 1 aliphatic rings. The summed E-state index contributed by atoms with van der Waals surface area (Å²) in [7, 11) is -1.85. The normalized spacial score (nSPS) is 20.6. The van der Waals surface area contributed by atoms with Crippen molar-refractivity contribution in [2.45, 2.75) is 24.3 Å². The van der Waals surface area contributed by atoms with Gasteiger partial charge in [-0.2, -0.15) is 4.31 Å². The standard InChI is InChI=1S/C12H17BrN2O5S/c1-12(2)7-15(5-4-14(12)3)21(18,19)9-6-8(11(16)17)20-10(9)13/h6H,4-5,7H2,1-3H3,(H,16,17). The van der Waals surface area contributed by atoms with E-state index in [1.165, 1.54) is 4.31 Å². The number of carboxylic acids is 1. The lowest BCUT2D eigenvalue weighted by Gasteiger charge is -2.44. The number of sulfonamides is 1. The van der Waals surface area contributed by atoms with Crippen molar-refractivity contribution in [1.82, 2.24) is 9.21 Å². The first kappa shape index (κ1) is 16.5. The number of rotatable bonds is 3. The van der Waals surface area contributed by atoms with Crippen LogP contribution in [0.3, 0.4) is 0 Å². The summed E-state index contributed by atoms with van der Waals surface area (Å²) in [6, 6.07) is 1.03. The molecule has 9 heteroatoms. The van der Waals surface area contributed by atoms with Crippen LogP contribution in [-0.2, 0) is 10.0 Å². The Kier molecular flexibility index (Phi) is 4.22. The molecule has 0 saturated carbocycles. The number of carboxylic acid groups (broad SMARTS) is 1. The Morgan fingerprint density at radius 3 is 2.52 bits per heavy atom. The van der Waals surface area contributed by atoms with Gasteiger partial charge in [0, 0.05) is 31.2 Å². The fourth-order valence-corrected chi connectivity index (χ4v) is 4.66. The molecule has 118 valence electrons. The largest absolute Gasteiger partial charge is 0.475 e. The molecule has 0 atom stereocenters. The minimum atomic E-state index is -3.80. The third-order valence-corrected chi connectivity index (χ3v) is 6.47. The highest BCUT2D eigenvalue weighted by molar-refractivity contribution is 9.10. The van der Waals surface area contributed by atoms with Crippen LogP contribution in [0.25, 0.3) is 0 Å². The molecule has 1 N–H and O–H groups in total. The average molecular weight is 381 g/mol. The fourth-order valence-electron chi connectivity index (χ4n) is 2.17. The molecule has 1 aliphatic heterocycles. The van der Waals surface area contributed by atoms with Gasteiger partial charge in [-0.15, -0.1) is 0 Å². The van der Waals surface area contributed by atoms with Gasteiger partial charge in [0.15, 0.2) is 4.67 Å². The van der Waals surface area contributed by atoms with E-state index >= 15 is 0 Å². The maximum atomic E-state index is 12.7. The van der Waals surface area contributed by atoms with Crippen molar-refractivity contribution in [2.75, 3.05) is 26.7 Å². The van der Waals surface area contributed by atoms with E-state index in [9.17, 15) is 13.2 Å². The monoisotopic (exact) mass is 380 g/mol. The molecule has 2 rings (SSSR count). The highest BCUT2D eigenvalue weighted by Gasteiger charge is 2.39. The van der Waals surface area contributed by atoms with Crippen molar-refractivity contribution in [3.05, 3.63) is 16.5 Å². The number of halogens is 1. The van der Waals surface area contributed by atoms with Crippen LogP contribution < -0.4 is 0 Å². The Labute approximate surface area is 131 Å². The van der Waals surface area contributed by atoms with Gasteiger partial charge in [0.25, 0.3) is 0 Å². The van der Waals surface area contributed by atoms with E-state index in [-0.39, 0.29) is 15.1 Å². The average Bonchev–Trinajstić information content (AvgIpc) is 2.75. The molecule has 0 aromatic carbocycles. The summed E-state index contributed by atoms with van der Waals surface area (Å²) in [5, 5.41) is 8.89. The predicted octanol–water partition coefficient (Wildman–Crippen LogP) is 1.46. The molecule has 1 fully saturated rings. The summed E-state index contributed by atoms with van der Waals surface area (Å²) >= 11 is 2.98. The Bertz CT molecular complexity index is 667. The number of piperazine rings is 1. The van der Waals surface area contributed by atoms with Crippen LogP contribution in [0.4, 0.5) is 0 Å². The maximum Gasteiger partial charge on any atom is 0.371 e. The van der Waals surface area contributed by atoms with Gasteiger partial charge in [0.05, 0.1) is 0 Å². The Morgan fingerprint density at radius 1 is 1.43 bits per heavy atom. The van der Waals surface area contributed by atoms with Crippen LogP contribution >= 0.6 is 15.9 Å². The molecule has 2 heterocycles. The summed E-state index contributed by atoms with van der Waals surface area (Å²) in [5.41, 5.74) is -0.294. The molecular weight excluding hydrogens is 364 g/mol. The highest BCUT2D eigenvalue weighted by Crippen LogP contribution is 2.31. The van der Waals surface area contributed by atoms with Crippen molar-refractivity contribution in [1.29, 1.82) is 0 Å². The molecule has 7 nitrogen and oxygen atoms in total. The lowest BCUT2D eigenvalue weighted by Crippen LogP contribution is -2.58. The van der Waals surface area contributed by atoms with E-state index < -0.39 is 21.8 Å². The van der Waals surface area contributed by atoms with Crippen LogP contribution in [0.5, 0.6) is 0 Å². The molecule has 0 spiro atoms. The maximum absolute atomic E-state index is 12.7. The van der Waals surface area contributed by atoms with Crippen molar-refractivity contribution in [3.63, 3.8) is 0 Å². The molecule has 1 aromatic heterocycles. The molecule has 1 saturated heterocycles. The van der Waals surface area contributed by atoms with Crippen molar-refractivity contribution in [2.24, 2.45) is 0 Å². The van der Waals surface area contributed by atoms with Crippen molar-refractivity contribution in [3.8, 4) is 0 Å². The van der Waals surface area contributed by atoms with E-state index in [0.29, 0.717) is 19.6 Å². The second-order valence-corrected chi connectivity index (χ2v) is 8.25. The van der Waals surface area contributed by atoms with Gasteiger partial charge in [-0.25, -0.2) is 13.2 Å². The third-order valence-electron chi connectivity index (χ3n) is 3.77. The van der Waals surface area contributed by atoms with Crippen LogP contribution in [-0.4, -0.2) is 60.9 Å². The van der Waals surface area contributed by atoms with E-state index in [0.717, 1.165) is 6.07 Å². The number of nitrogens with zero attached hydrogens (tertiary/aromatic N) is 2. The van der Waals surface area contributed by atoms with Crippen LogP contribution in [0.1, 0.15) is 24.4 Å². The summed E-state index contributed by atoms with van der Waals surface area (Å²) in [6.07, 6.45) is 0. The van der Waals surface area contributed by atoms with Gasteiger partial charge in [0.1, 0.15) is 4.90 Å². The molecule has 0 radical (unpaired) electrons. The zero-order valence-corrected chi connectivity index (χ0v) is 14.4. The van der Waals surface area contributed by atoms with Gasteiger partial charge in [-0.1, -0.05) is 0 Å². The van der Waals surface area contributed by atoms with Crippen molar-refractivity contribution >= 4 is 31.9 Å². The molecule has 0 bridgehead atoms. The molecule has 21 heavy (non-hydrogen) atoms. The lowest BCUT2D eigenvalue weighted by atomic mass is 10.0. The lowest BCUT2D eigenvalue weighted by molar-refractivity contribution is 0.0661. The van der Waals surface area contributed by atoms with Gasteiger partial charge >= 0.3 is 5.97 Å². The number of likely N-dealkylation sites (N-methyl/N-ethyl adjacent to an activating group) is 1. The van der Waals surface area contributed by atoms with E-state index in [4.69, 9.17) is 9.52 Å². The van der Waals surface area contributed by atoms with E-state index in [1.54, 1.807) is 0 Å². The fraction of sp³-hybridized carbons (Fsp3) is 0.583. The van der Waals surface area contributed by atoms with Crippen LogP contribution in [0, 0.1) is 0 Å². The van der Waals surface area contributed by atoms with Crippen LogP contribution in [0.15, 0.2) is 20.0 Å². The molecule has 1 aromatic rings. The van der Waals surface area contributed by atoms with E-state index in [2.05, 4.69) is 20.8 Å². The number of hydrogen-bond acceptors (Lipinski definition) is 5. The van der Waals surface area contributed by atoms with Crippen molar-refractivity contribution < 1.29 is 22.7 Å². The summed E-state index contributed by atoms with van der Waals surface area (Å²) < 4.78 is 31.5. The quantitative estimate of drug-likeness (QED) is 0.853. The Morgan fingerprint density at radius 2 is 2.05 bits per heavy atom. The summed E-state index contributed by atoms with van der Waals surface area (Å²) in [4.78, 5) is 12.8. The third kappa shape index (κ3) is 3.01. The van der Waals surface area contributed by atoms with Gasteiger partial charge in [0.2, 0.25) is 15.8 Å². The molecule has 0 aliphatic carbocycles. The highest BCUT2D eigenvalue weighted by atomic mass is 79.9. The first-order chi connectivity index (χ1) is 9.55. The number of aromatic carboxylic acids is 1. The number of furan rings is 1. The zero-order valence-electron chi connectivity index (χ0n) is 12.0.